The van der Waals surface area contributed by atoms with E-state index in [1.54, 1.807) is 6.08 Å². The molecule has 384 valence electrons. The van der Waals surface area contributed by atoms with Gasteiger partial charge in [-0.05, 0) is 57.8 Å². The van der Waals surface area contributed by atoms with Gasteiger partial charge in [-0.3, -0.25) is 9.36 Å². The molecule has 3 atom stereocenters. The molecule has 0 fully saturated rings. The number of hydrogen-bond donors (Lipinski definition) is 2. The minimum absolute atomic E-state index is 0.0220. The summed E-state index contributed by atoms with van der Waals surface area (Å²) in [6.07, 6.45) is 66.0. The van der Waals surface area contributed by atoms with Crippen LogP contribution in [0.2, 0.25) is 0 Å². The average molecular weight is 945 g/mol. The lowest BCUT2D eigenvalue weighted by Crippen LogP contribution is -2.45. The van der Waals surface area contributed by atoms with Crippen molar-refractivity contribution in [1.29, 1.82) is 0 Å². The van der Waals surface area contributed by atoms with E-state index < -0.39 is 26.6 Å². The number of aliphatic hydroxyl groups excluding tert-OH is 1. The number of likely N-dealkylation sites (N-methyl/N-ethyl adjacent to an activating group) is 1. The third-order valence-corrected chi connectivity index (χ3v) is 12.9. The molecule has 66 heavy (non-hydrogen) atoms. The summed E-state index contributed by atoms with van der Waals surface area (Å²) in [4.78, 5) is 25.3. The van der Waals surface area contributed by atoms with Crippen LogP contribution in [0.15, 0.2) is 72.9 Å². The molecule has 1 amide bonds. The molecule has 0 spiro atoms. The Morgan fingerprint density at radius 1 is 0.545 bits per heavy atom. The molecular weight excluding hydrogens is 840 g/mol. The molecule has 0 aliphatic carbocycles. The Morgan fingerprint density at radius 2 is 0.939 bits per heavy atom. The van der Waals surface area contributed by atoms with Crippen molar-refractivity contribution >= 4 is 13.7 Å². The topological polar surface area (TPSA) is 108 Å². The Balaban J connectivity index is 4.20. The zero-order valence-electron chi connectivity index (χ0n) is 43.6. The maximum absolute atomic E-state index is 12.8. The first-order valence-corrected chi connectivity index (χ1v) is 28.8. The number of unbranched alkanes of at least 4 members (excludes halogenated alkanes) is 26. The van der Waals surface area contributed by atoms with Crippen LogP contribution >= 0.6 is 7.82 Å². The van der Waals surface area contributed by atoms with Gasteiger partial charge in [0.15, 0.2) is 0 Å². The second-order valence-electron chi connectivity index (χ2n) is 19.5. The molecule has 0 radical (unpaired) electrons. The highest BCUT2D eigenvalue weighted by Gasteiger charge is 2.23. The largest absolute Gasteiger partial charge is 0.756 e. The van der Waals surface area contributed by atoms with E-state index in [1.807, 2.05) is 39.4 Å². The van der Waals surface area contributed by atoms with Gasteiger partial charge < -0.3 is 28.8 Å². The normalized spacial score (nSPS) is 14.6. The van der Waals surface area contributed by atoms with Gasteiger partial charge in [-0.15, -0.1) is 0 Å². The molecule has 0 aromatic rings. The number of phosphoric acid groups is 1. The number of rotatable bonds is 49. The van der Waals surface area contributed by atoms with Crippen molar-refractivity contribution in [1.82, 2.24) is 5.32 Å². The van der Waals surface area contributed by atoms with Crippen molar-refractivity contribution in [3.8, 4) is 0 Å². The van der Waals surface area contributed by atoms with Gasteiger partial charge >= 0.3 is 0 Å². The fourth-order valence-electron chi connectivity index (χ4n) is 7.65. The summed E-state index contributed by atoms with van der Waals surface area (Å²) in [6, 6.07) is -0.945. The van der Waals surface area contributed by atoms with Crippen molar-refractivity contribution in [2.75, 3.05) is 40.9 Å². The Kier molecular flexibility index (Phi) is 46.5. The van der Waals surface area contributed by atoms with Crippen LogP contribution in [0.25, 0.3) is 0 Å². The van der Waals surface area contributed by atoms with Crippen molar-refractivity contribution in [3.05, 3.63) is 72.9 Å². The van der Waals surface area contributed by atoms with Gasteiger partial charge in [0.1, 0.15) is 13.2 Å². The van der Waals surface area contributed by atoms with Gasteiger partial charge in [0, 0.05) is 6.42 Å². The zero-order chi connectivity index (χ0) is 48.5. The molecule has 8 nitrogen and oxygen atoms in total. The first-order valence-electron chi connectivity index (χ1n) is 27.3. The summed E-state index contributed by atoms with van der Waals surface area (Å²) in [5, 5.41) is 13.7. The van der Waals surface area contributed by atoms with Crippen molar-refractivity contribution in [2.24, 2.45) is 0 Å². The van der Waals surface area contributed by atoms with Gasteiger partial charge in [-0.25, -0.2) is 0 Å². The van der Waals surface area contributed by atoms with Crippen molar-refractivity contribution < 1.29 is 32.9 Å². The van der Waals surface area contributed by atoms with Gasteiger partial charge in [0.25, 0.3) is 7.82 Å². The number of nitrogens with zero attached hydrogens (tertiary/aromatic N) is 1. The molecule has 9 heteroatoms. The number of allylic oxidation sites excluding steroid dienone is 11. The first kappa shape index (κ1) is 63.9. The lowest BCUT2D eigenvalue weighted by molar-refractivity contribution is -0.870. The second-order valence-corrected chi connectivity index (χ2v) is 21.0. The fourth-order valence-corrected chi connectivity index (χ4v) is 8.37. The van der Waals surface area contributed by atoms with Gasteiger partial charge in [-0.1, -0.05) is 241 Å². The van der Waals surface area contributed by atoms with E-state index in [9.17, 15) is 19.4 Å². The quantitative estimate of drug-likeness (QED) is 0.0272. The van der Waals surface area contributed by atoms with Gasteiger partial charge in [0.2, 0.25) is 5.91 Å². The van der Waals surface area contributed by atoms with E-state index in [0.717, 1.165) is 44.9 Å². The number of quaternary nitrogens is 1. The average Bonchev–Trinajstić information content (AvgIpc) is 3.28. The molecule has 0 aromatic heterocycles. The number of amides is 1. The molecule has 0 heterocycles. The SMILES string of the molecule is CC/C=C\C/C=C\C/C=C\C/C=C\CCC(=O)NC(COP(=O)([O-])OCC[N+](C)(C)C)C(O)/C=C/CC/C=C/CCCCCCCCCCCCCCCCCCCCCCCCCCC. The van der Waals surface area contributed by atoms with Crippen LogP contribution in [0, 0.1) is 0 Å². The molecule has 0 saturated carbocycles. The zero-order valence-corrected chi connectivity index (χ0v) is 44.5. The van der Waals surface area contributed by atoms with E-state index in [-0.39, 0.29) is 18.9 Å². The Morgan fingerprint density at radius 3 is 1.39 bits per heavy atom. The first-order chi connectivity index (χ1) is 32.0. The highest BCUT2D eigenvalue weighted by molar-refractivity contribution is 7.45. The van der Waals surface area contributed by atoms with E-state index in [4.69, 9.17) is 9.05 Å². The summed E-state index contributed by atoms with van der Waals surface area (Å²) in [5.74, 6) is -0.288. The number of hydrogen-bond acceptors (Lipinski definition) is 6. The molecule has 0 aliphatic heterocycles. The summed E-state index contributed by atoms with van der Waals surface area (Å²) >= 11 is 0. The predicted octanol–water partition coefficient (Wildman–Crippen LogP) is 15.7. The standard InChI is InChI=1S/C57H105N2O6P/c1-6-8-10-12-14-16-18-20-21-22-23-24-25-26-27-28-29-30-31-32-33-34-35-36-37-39-40-42-44-46-48-50-56(60)55(54-65-66(62,63)64-53-52-59(3,4)5)58-57(61)51-49-47-45-43-41-38-19-17-15-13-11-9-7-2/h9,11,15,17,38,40-42,45,47-48,50,55-56,60H,6-8,10,12-14,16,18-37,39,43-44,46,49,51-54H2,1-5H3,(H-,58,61,62,63)/b11-9-,17-15-,41-38-,42-40+,47-45-,50-48+. The summed E-state index contributed by atoms with van der Waals surface area (Å²) in [7, 11) is 1.19. The van der Waals surface area contributed by atoms with E-state index >= 15 is 0 Å². The number of phosphoric ester groups is 1. The molecule has 0 aliphatic rings. The molecule has 0 rings (SSSR count). The van der Waals surface area contributed by atoms with Crippen LogP contribution in [-0.4, -0.2) is 68.5 Å². The number of carbonyl (C=O) groups excluding carboxylic acids is 1. The van der Waals surface area contributed by atoms with Crippen LogP contribution in [0.5, 0.6) is 0 Å². The molecular formula is C57H105N2O6P. The van der Waals surface area contributed by atoms with E-state index in [2.05, 4.69) is 67.8 Å². The Hall–Kier alpha value is -2.06. The molecule has 3 unspecified atom stereocenters. The minimum atomic E-state index is -4.62. The smallest absolute Gasteiger partial charge is 0.268 e. The van der Waals surface area contributed by atoms with Gasteiger partial charge in [0.05, 0.1) is 39.9 Å². The Bertz CT molecular complexity index is 1300. The van der Waals surface area contributed by atoms with Crippen LogP contribution in [0.3, 0.4) is 0 Å². The highest BCUT2D eigenvalue weighted by Crippen LogP contribution is 2.38. The predicted molar refractivity (Wildman–Crippen MR) is 284 cm³/mol. The van der Waals surface area contributed by atoms with Gasteiger partial charge in [-0.2, -0.15) is 0 Å². The van der Waals surface area contributed by atoms with E-state index in [1.165, 1.54) is 161 Å². The lowest BCUT2D eigenvalue weighted by atomic mass is 10.0. The maximum Gasteiger partial charge on any atom is 0.268 e. The summed E-state index contributed by atoms with van der Waals surface area (Å²) in [5.41, 5.74) is 0. The second kappa shape index (κ2) is 48.0. The van der Waals surface area contributed by atoms with Crippen LogP contribution in [0.4, 0.5) is 0 Å². The molecule has 0 aromatic carbocycles. The third-order valence-electron chi connectivity index (χ3n) is 11.9. The molecule has 2 N–H and O–H groups in total. The highest BCUT2D eigenvalue weighted by atomic mass is 31.2. The summed E-state index contributed by atoms with van der Waals surface area (Å²) < 4.78 is 23.2. The number of nitrogens with one attached hydrogen (secondary N) is 1. The lowest BCUT2D eigenvalue weighted by Gasteiger charge is -2.29. The molecule has 0 bridgehead atoms. The van der Waals surface area contributed by atoms with Crippen molar-refractivity contribution in [2.45, 2.75) is 244 Å². The minimum Gasteiger partial charge on any atom is -0.756 e. The number of aliphatic hydroxyl groups is 1. The van der Waals surface area contributed by atoms with Crippen LogP contribution < -0.4 is 10.2 Å². The van der Waals surface area contributed by atoms with Crippen molar-refractivity contribution in [3.63, 3.8) is 0 Å². The van der Waals surface area contributed by atoms with Crippen LogP contribution in [-0.2, 0) is 18.4 Å². The summed E-state index contributed by atoms with van der Waals surface area (Å²) in [6.45, 7) is 4.46. The molecule has 0 saturated heterocycles. The van der Waals surface area contributed by atoms with Crippen LogP contribution in [0.1, 0.15) is 232 Å². The monoisotopic (exact) mass is 945 g/mol. The fraction of sp³-hybridized carbons (Fsp3) is 0.772. The third kappa shape index (κ3) is 49.8. The Labute approximate surface area is 408 Å². The van der Waals surface area contributed by atoms with E-state index in [0.29, 0.717) is 17.4 Å². The maximum atomic E-state index is 12.8. The number of carbonyl (C=O) groups is 1.